The number of aromatic nitrogens is 1. The van der Waals surface area contributed by atoms with E-state index in [-0.39, 0.29) is 0 Å². The number of thiazole rings is 1. The van der Waals surface area contributed by atoms with E-state index in [4.69, 9.17) is 4.74 Å². The predicted octanol–water partition coefficient (Wildman–Crippen LogP) is 3.75. The van der Waals surface area contributed by atoms with Gasteiger partial charge >= 0.3 is 0 Å². The van der Waals surface area contributed by atoms with E-state index in [1.165, 1.54) is 16.9 Å². The number of hydrogen-bond donors (Lipinski definition) is 0. The smallest absolute Gasteiger partial charge is 0.169 e. The van der Waals surface area contributed by atoms with Gasteiger partial charge in [0.15, 0.2) is 6.29 Å². The Morgan fingerprint density at radius 3 is 2.72 bits per heavy atom. The zero-order valence-corrected chi connectivity index (χ0v) is 11.5. The Hall–Kier alpha value is -1.68. The topological polar surface area (TPSA) is 39.2 Å². The molecule has 2 aromatic rings. The first-order valence-electron chi connectivity index (χ1n) is 5.74. The Morgan fingerprint density at radius 1 is 1.39 bits per heavy atom. The van der Waals surface area contributed by atoms with Gasteiger partial charge in [0, 0.05) is 5.38 Å². The van der Waals surface area contributed by atoms with Crippen molar-refractivity contribution in [2.24, 2.45) is 0 Å². The molecule has 0 aliphatic heterocycles. The van der Waals surface area contributed by atoms with Crippen LogP contribution in [0.5, 0.6) is 5.75 Å². The van der Waals surface area contributed by atoms with E-state index in [9.17, 15) is 4.79 Å². The second-order valence-electron chi connectivity index (χ2n) is 4.31. The minimum Gasteiger partial charge on any atom is -0.496 e. The SMILES string of the molecule is COc1cc(C(C)C)ccc1-c1nc(C=O)cs1. The highest BCUT2D eigenvalue weighted by molar-refractivity contribution is 7.13. The number of carbonyl (C=O) groups is 1. The summed E-state index contributed by atoms with van der Waals surface area (Å²) >= 11 is 1.45. The number of rotatable bonds is 4. The van der Waals surface area contributed by atoms with Crippen molar-refractivity contribution in [3.63, 3.8) is 0 Å². The molecule has 2 rings (SSSR count). The molecule has 3 nitrogen and oxygen atoms in total. The molecule has 94 valence electrons. The van der Waals surface area contributed by atoms with Gasteiger partial charge in [0.25, 0.3) is 0 Å². The number of nitrogens with zero attached hydrogens (tertiary/aromatic N) is 1. The summed E-state index contributed by atoms with van der Waals surface area (Å²) in [6.45, 7) is 4.28. The minimum atomic E-state index is 0.454. The fourth-order valence-corrected chi connectivity index (χ4v) is 2.50. The molecular weight excluding hydrogens is 246 g/mol. The molecule has 0 saturated carbocycles. The Labute approximate surface area is 110 Å². The van der Waals surface area contributed by atoms with E-state index in [0.717, 1.165) is 22.6 Å². The first-order valence-corrected chi connectivity index (χ1v) is 6.62. The van der Waals surface area contributed by atoms with E-state index >= 15 is 0 Å². The van der Waals surface area contributed by atoms with Crippen LogP contribution >= 0.6 is 11.3 Å². The average molecular weight is 261 g/mol. The lowest BCUT2D eigenvalue weighted by Gasteiger charge is -2.11. The van der Waals surface area contributed by atoms with Gasteiger partial charge in [0.05, 0.1) is 12.7 Å². The zero-order chi connectivity index (χ0) is 13.1. The maximum absolute atomic E-state index is 10.7. The minimum absolute atomic E-state index is 0.454. The highest BCUT2D eigenvalue weighted by Gasteiger charge is 2.12. The lowest BCUT2D eigenvalue weighted by atomic mass is 10.0. The molecule has 1 aromatic carbocycles. The lowest BCUT2D eigenvalue weighted by molar-refractivity contribution is 0.111. The third-order valence-electron chi connectivity index (χ3n) is 2.77. The highest BCUT2D eigenvalue weighted by Crippen LogP contribution is 2.34. The van der Waals surface area contributed by atoms with Gasteiger partial charge in [-0.05, 0) is 23.6 Å². The molecule has 0 fully saturated rings. The van der Waals surface area contributed by atoms with Gasteiger partial charge in [0.1, 0.15) is 16.5 Å². The summed E-state index contributed by atoms with van der Waals surface area (Å²) in [4.78, 5) is 14.9. The molecule has 4 heteroatoms. The summed E-state index contributed by atoms with van der Waals surface area (Å²) in [7, 11) is 1.65. The quantitative estimate of drug-likeness (QED) is 0.787. The van der Waals surface area contributed by atoms with E-state index in [1.54, 1.807) is 12.5 Å². The average Bonchev–Trinajstić information content (AvgIpc) is 2.86. The van der Waals surface area contributed by atoms with Crippen LogP contribution in [0.25, 0.3) is 10.6 Å². The molecule has 0 atom stereocenters. The Morgan fingerprint density at radius 2 is 2.17 bits per heavy atom. The van der Waals surface area contributed by atoms with Crippen molar-refractivity contribution in [1.82, 2.24) is 4.98 Å². The van der Waals surface area contributed by atoms with Crippen molar-refractivity contribution < 1.29 is 9.53 Å². The molecule has 0 saturated heterocycles. The molecule has 0 unspecified atom stereocenters. The predicted molar refractivity (Wildman–Crippen MR) is 73.6 cm³/mol. The highest BCUT2D eigenvalue weighted by atomic mass is 32.1. The monoisotopic (exact) mass is 261 g/mol. The Balaban J connectivity index is 2.47. The molecule has 0 aliphatic carbocycles. The molecule has 18 heavy (non-hydrogen) atoms. The summed E-state index contributed by atoms with van der Waals surface area (Å²) in [6, 6.07) is 6.11. The number of benzene rings is 1. The molecular formula is C14H15NO2S. The molecule has 0 aliphatic rings. The van der Waals surface area contributed by atoms with Crippen LogP contribution in [0.15, 0.2) is 23.6 Å². The summed E-state index contributed by atoms with van der Waals surface area (Å²) in [6.07, 6.45) is 0.759. The van der Waals surface area contributed by atoms with Crippen LogP contribution in [-0.4, -0.2) is 18.4 Å². The molecule has 0 amide bonds. The number of methoxy groups -OCH3 is 1. The largest absolute Gasteiger partial charge is 0.496 e. The van der Waals surface area contributed by atoms with Crippen molar-refractivity contribution in [3.8, 4) is 16.3 Å². The Kier molecular flexibility index (Phi) is 3.77. The number of hydrogen-bond acceptors (Lipinski definition) is 4. The number of ether oxygens (including phenoxy) is 1. The van der Waals surface area contributed by atoms with E-state index < -0.39 is 0 Å². The standard InChI is InChI=1S/C14H15NO2S/c1-9(2)10-4-5-12(13(6-10)17-3)14-15-11(7-16)8-18-14/h4-9H,1-3H3. The van der Waals surface area contributed by atoms with Gasteiger partial charge in [-0.15, -0.1) is 11.3 Å². The summed E-state index contributed by atoms with van der Waals surface area (Å²) < 4.78 is 5.41. The van der Waals surface area contributed by atoms with E-state index in [2.05, 4.69) is 24.9 Å². The van der Waals surface area contributed by atoms with Crippen molar-refractivity contribution in [1.29, 1.82) is 0 Å². The molecule has 0 radical (unpaired) electrons. The third-order valence-corrected chi connectivity index (χ3v) is 3.66. The second-order valence-corrected chi connectivity index (χ2v) is 5.17. The van der Waals surface area contributed by atoms with Gasteiger partial charge in [-0.2, -0.15) is 0 Å². The normalized spacial score (nSPS) is 10.7. The summed E-state index contributed by atoms with van der Waals surface area (Å²) in [5, 5.41) is 2.56. The molecule has 0 bridgehead atoms. The van der Waals surface area contributed by atoms with Crippen molar-refractivity contribution in [2.45, 2.75) is 19.8 Å². The number of carbonyl (C=O) groups excluding carboxylic acids is 1. The van der Waals surface area contributed by atoms with Crippen LogP contribution in [0, 0.1) is 0 Å². The summed E-state index contributed by atoms with van der Waals surface area (Å²) in [5.74, 6) is 1.25. The van der Waals surface area contributed by atoms with E-state index in [1.807, 2.05) is 12.1 Å². The fraction of sp³-hybridized carbons (Fsp3) is 0.286. The lowest BCUT2D eigenvalue weighted by Crippen LogP contribution is -1.93. The van der Waals surface area contributed by atoms with Gasteiger partial charge in [0.2, 0.25) is 0 Å². The molecule has 0 spiro atoms. The molecule has 1 heterocycles. The maximum atomic E-state index is 10.7. The first kappa shape index (κ1) is 12.8. The van der Waals surface area contributed by atoms with Crippen LogP contribution < -0.4 is 4.74 Å². The van der Waals surface area contributed by atoms with Crippen molar-refractivity contribution >= 4 is 17.6 Å². The van der Waals surface area contributed by atoms with Crippen LogP contribution in [0.3, 0.4) is 0 Å². The first-order chi connectivity index (χ1) is 8.65. The Bertz CT molecular complexity index is 561. The fourth-order valence-electron chi connectivity index (χ4n) is 1.71. The van der Waals surface area contributed by atoms with E-state index in [0.29, 0.717) is 11.6 Å². The maximum Gasteiger partial charge on any atom is 0.169 e. The van der Waals surface area contributed by atoms with Crippen LogP contribution in [0.2, 0.25) is 0 Å². The van der Waals surface area contributed by atoms with Gasteiger partial charge in [-0.25, -0.2) is 4.98 Å². The molecule has 0 N–H and O–H groups in total. The van der Waals surface area contributed by atoms with Crippen LogP contribution in [0.4, 0.5) is 0 Å². The van der Waals surface area contributed by atoms with Crippen molar-refractivity contribution in [2.75, 3.05) is 7.11 Å². The molecule has 1 aromatic heterocycles. The summed E-state index contributed by atoms with van der Waals surface area (Å²) in [5.41, 5.74) is 2.62. The van der Waals surface area contributed by atoms with Crippen LogP contribution in [-0.2, 0) is 0 Å². The van der Waals surface area contributed by atoms with Crippen molar-refractivity contribution in [3.05, 3.63) is 34.8 Å². The zero-order valence-electron chi connectivity index (χ0n) is 10.6. The third kappa shape index (κ3) is 2.43. The second kappa shape index (κ2) is 5.31. The van der Waals surface area contributed by atoms with Gasteiger partial charge in [-0.3, -0.25) is 4.79 Å². The van der Waals surface area contributed by atoms with Gasteiger partial charge in [-0.1, -0.05) is 19.9 Å². The number of aldehydes is 1. The van der Waals surface area contributed by atoms with Gasteiger partial charge < -0.3 is 4.74 Å². The van der Waals surface area contributed by atoms with Crippen LogP contribution in [0.1, 0.15) is 35.8 Å².